The second-order valence-electron chi connectivity index (χ2n) is 5.59. The molecule has 0 unspecified atom stereocenters. The summed E-state index contributed by atoms with van der Waals surface area (Å²) in [4.78, 5) is 27.7. The Kier molecular flexibility index (Phi) is 4.96. The van der Waals surface area contributed by atoms with Gasteiger partial charge in [0.05, 0.1) is 6.54 Å². The number of hydrogen-bond donors (Lipinski definition) is 2. The number of piperazine rings is 1. The largest absolute Gasteiger partial charge is 0.360 e. The molecule has 0 aliphatic carbocycles. The predicted molar refractivity (Wildman–Crippen MR) is 98.4 cm³/mol. The lowest BCUT2D eigenvalue weighted by Gasteiger charge is -2.28. The molecular weight excluding hydrogens is 322 g/mol. The van der Waals surface area contributed by atoms with Gasteiger partial charge in [-0.3, -0.25) is 9.59 Å². The Hall–Kier alpha value is -2.60. The van der Waals surface area contributed by atoms with Gasteiger partial charge < -0.3 is 15.5 Å². The smallest absolute Gasteiger partial charge is 0.248 e. The molecule has 2 amide bonds. The summed E-state index contributed by atoms with van der Waals surface area (Å²) >= 11 is 1.65. The lowest BCUT2D eigenvalue weighted by Crippen LogP contribution is -2.47. The van der Waals surface area contributed by atoms with Crippen molar-refractivity contribution in [3.63, 3.8) is 0 Å². The molecule has 24 heavy (non-hydrogen) atoms. The quantitative estimate of drug-likeness (QED) is 0.841. The van der Waals surface area contributed by atoms with Crippen molar-refractivity contribution >= 4 is 40.6 Å². The van der Waals surface area contributed by atoms with E-state index < -0.39 is 0 Å². The highest BCUT2D eigenvalue weighted by molar-refractivity contribution is 7.12. The van der Waals surface area contributed by atoms with Gasteiger partial charge in [0, 0.05) is 40.3 Å². The molecule has 6 heteroatoms. The third kappa shape index (κ3) is 4.23. The van der Waals surface area contributed by atoms with Crippen LogP contribution in [0, 0.1) is 6.92 Å². The summed E-state index contributed by atoms with van der Waals surface area (Å²) in [6.07, 6.45) is 3.35. The SMILES string of the molecule is Cc1ccc(/C=C\C(=O)Nc2ccc(N3CCNC(=O)C3)cc2)s1. The molecule has 0 saturated carbocycles. The summed E-state index contributed by atoms with van der Waals surface area (Å²) in [6, 6.07) is 11.6. The predicted octanol–water partition coefficient (Wildman–Crippen LogP) is 2.64. The van der Waals surface area contributed by atoms with Crippen molar-refractivity contribution < 1.29 is 9.59 Å². The topological polar surface area (TPSA) is 61.4 Å². The van der Waals surface area contributed by atoms with E-state index in [2.05, 4.69) is 10.6 Å². The van der Waals surface area contributed by atoms with Crippen LogP contribution in [0.2, 0.25) is 0 Å². The minimum absolute atomic E-state index is 0.0348. The molecule has 1 saturated heterocycles. The Balaban J connectivity index is 1.58. The third-order valence-electron chi connectivity index (χ3n) is 3.70. The van der Waals surface area contributed by atoms with Crippen molar-refractivity contribution in [2.45, 2.75) is 6.92 Å². The number of carbonyl (C=O) groups excluding carboxylic acids is 2. The minimum Gasteiger partial charge on any atom is -0.360 e. The zero-order valence-corrected chi connectivity index (χ0v) is 14.2. The number of aryl methyl sites for hydroxylation is 1. The highest BCUT2D eigenvalue weighted by Crippen LogP contribution is 2.19. The summed E-state index contributed by atoms with van der Waals surface area (Å²) in [5.74, 6) is -0.126. The molecule has 2 heterocycles. The van der Waals surface area contributed by atoms with Crippen LogP contribution < -0.4 is 15.5 Å². The van der Waals surface area contributed by atoms with Crippen LogP contribution in [0.5, 0.6) is 0 Å². The molecule has 1 aliphatic rings. The van der Waals surface area contributed by atoms with Crippen LogP contribution in [0.4, 0.5) is 11.4 Å². The number of nitrogens with zero attached hydrogens (tertiary/aromatic N) is 1. The lowest BCUT2D eigenvalue weighted by molar-refractivity contribution is -0.120. The Morgan fingerprint density at radius 3 is 2.71 bits per heavy atom. The number of carbonyl (C=O) groups is 2. The number of rotatable bonds is 4. The van der Waals surface area contributed by atoms with Crippen molar-refractivity contribution in [1.82, 2.24) is 5.32 Å². The number of thiophene rings is 1. The summed E-state index contributed by atoms with van der Waals surface area (Å²) < 4.78 is 0. The Bertz CT molecular complexity index is 765. The number of amides is 2. The Labute approximate surface area is 145 Å². The molecule has 0 bridgehead atoms. The first-order valence-corrected chi connectivity index (χ1v) is 8.59. The molecule has 0 radical (unpaired) electrons. The number of nitrogens with one attached hydrogen (secondary N) is 2. The Morgan fingerprint density at radius 1 is 1.25 bits per heavy atom. The van der Waals surface area contributed by atoms with Crippen LogP contribution in [-0.4, -0.2) is 31.4 Å². The van der Waals surface area contributed by atoms with Crippen LogP contribution in [0.1, 0.15) is 9.75 Å². The summed E-state index contributed by atoms with van der Waals surface area (Å²) in [5.41, 5.74) is 1.71. The van der Waals surface area contributed by atoms with E-state index in [9.17, 15) is 9.59 Å². The standard InChI is InChI=1S/C18H19N3O2S/c1-13-2-7-16(24-13)8-9-17(22)20-14-3-5-15(6-4-14)21-11-10-19-18(23)12-21/h2-9H,10-12H2,1H3,(H,19,23)(H,20,22)/b9-8-. The van der Waals surface area contributed by atoms with Gasteiger partial charge in [-0.1, -0.05) is 0 Å². The van der Waals surface area contributed by atoms with E-state index in [-0.39, 0.29) is 11.8 Å². The zero-order valence-electron chi connectivity index (χ0n) is 13.4. The highest BCUT2D eigenvalue weighted by Gasteiger charge is 2.16. The minimum atomic E-state index is -0.161. The fraction of sp³-hybridized carbons (Fsp3) is 0.222. The van der Waals surface area contributed by atoms with E-state index in [0.29, 0.717) is 13.1 Å². The van der Waals surface area contributed by atoms with Crippen molar-refractivity contribution in [3.05, 3.63) is 52.2 Å². The van der Waals surface area contributed by atoms with E-state index in [1.165, 1.54) is 11.0 Å². The monoisotopic (exact) mass is 341 g/mol. The Morgan fingerprint density at radius 2 is 2.04 bits per heavy atom. The summed E-state index contributed by atoms with van der Waals surface area (Å²) in [6.45, 7) is 3.86. The number of anilines is 2. The van der Waals surface area contributed by atoms with Crippen molar-refractivity contribution in [2.24, 2.45) is 0 Å². The summed E-state index contributed by atoms with van der Waals surface area (Å²) in [5, 5.41) is 5.64. The van der Waals surface area contributed by atoms with Gasteiger partial charge in [0.15, 0.2) is 0 Å². The average molecular weight is 341 g/mol. The van der Waals surface area contributed by atoms with Crippen LogP contribution in [0.3, 0.4) is 0 Å². The van der Waals surface area contributed by atoms with Gasteiger partial charge in [0.25, 0.3) is 0 Å². The molecule has 5 nitrogen and oxygen atoms in total. The molecule has 124 valence electrons. The van der Waals surface area contributed by atoms with Gasteiger partial charge in [-0.15, -0.1) is 11.3 Å². The maximum absolute atomic E-state index is 12.0. The first-order valence-electron chi connectivity index (χ1n) is 7.77. The number of benzene rings is 1. The van der Waals surface area contributed by atoms with Gasteiger partial charge in [-0.2, -0.15) is 0 Å². The molecule has 3 rings (SSSR count). The van der Waals surface area contributed by atoms with E-state index in [1.54, 1.807) is 11.3 Å². The number of hydrogen-bond acceptors (Lipinski definition) is 4. The highest BCUT2D eigenvalue weighted by atomic mass is 32.1. The molecule has 1 aromatic heterocycles. The van der Waals surface area contributed by atoms with E-state index >= 15 is 0 Å². The van der Waals surface area contributed by atoms with Crippen LogP contribution in [-0.2, 0) is 9.59 Å². The molecular formula is C18H19N3O2S. The lowest BCUT2D eigenvalue weighted by atomic mass is 10.2. The van der Waals surface area contributed by atoms with E-state index in [1.807, 2.05) is 54.3 Å². The molecule has 2 aromatic rings. The third-order valence-corrected chi connectivity index (χ3v) is 4.66. The van der Waals surface area contributed by atoms with Crippen LogP contribution in [0.15, 0.2) is 42.5 Å². The van der Waals surface area contributed by atoms with Crippen LogP contribution in [0.25, 0.3) is 6.08 Å². The average Bonchev–Trinajstić information content (AvgIpc) is 2.99. The molecule has 1 aliphatic heterocycles. The first kappa shape index (κ1) is 16.3. The van der Waals surface area contributed by atoms with Gasteiger partial charge in [-0.25, -0.2) is 0 Å². The first-order chi connectivity index (χ1) is 11.6. The van der Waals surface area contributed by atoms with E-state index in [4.69, 9.17) is 0 Å². The summed E-state index contributed by atoms with van der Waals surface area (Å²) in [7, 11) is 0. The molecule has 0 atom stereocenters. The van der Waals surface area contributed by atoms with Crippen molar-refractivity contribution in [2.75, 3.05) is 29.9 Å². The normalized spacial score (nSPS) is 14.7. The van der Waals surface area contributed by atoms with Gasteiger partial charge in [-0.05, 0) is 49.4 Å². The molecule has 1 fully saturated rings. The van der Waals surface area contributed by atoms with Crippen molar-refractivity contribution in [1.29, 1.82) is 0 Å². The second-order valence-corrected chi connectivity index (χ2v) is 6.91. The maximum atomic E-state index is 12.0. The van der Waals surface area contributed by atoms with E-state index in [0.717, 1.165) is 22.8 Å². The molecule has 0 spiro atoms. The molecule has 1 aromatic carbocycles. The van der Waals surface area contributed by atoms with Gasteiger partial charge >= 0.3 is 0 Å². The van der Waals surface area contributed by atoms with Gasteiger partial charge in [0.1, 0.15) is 0 Å². The fourth-order valence-corrected chi connectivity index (χ4v) is 3.28. The van der Waals surface area contributed by atoms with Gasteiger partial charge in [0.2, 0.25) is 11.8 Å². The van der Waals surface area contributed by atoms with Crippen LogP contribution >= 0.6 is 11.3 Å². The second kappa shape index (κ2) is 7.31. The molecule has 2 N–H and O–H groups in total. The fourth-order valence-electron chi connectivity index (χ4n) is 2.50. The van der Waals surface area contributed by atoms with Crippen molar-refractivity contribution in [3.8, 4) is 0 Å². The maximum Gasteiger partial charge on any atom is 0.248 e. The zero-order chi connectivity index (χ0) is 16.9.